The summed E-state index contributed by atoms with van der Waals surface area (Å²) in [6, 6.07) is 7.89. The molecule has 0 amide bonds. The molecular formula is C15H20BrN3O. The number of methoxy groups -OCH3 is 1. The summed E-state index contributed by atoms with van der Waals surface area (Å²) in [4.78, 5) is 0. The van der Waals surface area contributed by atoms with Gasteiger partial charge in [0, 0.05) is 6.04 Å². The van der Waals surface area contributed by atoms with Crippen LogP contribution in [0.15, 0.2) is 28.7 Å². The number of aryl methyl sites for hydroxylation is 1. The van der Waals surface area contributed by atoms with E-state index >= 15 is 0 Å². The summed E-state index contributed by atoms with van der Waals surface area (Å²) in [5.74, 6) is 0.828. The molecule has 1 heterocycles. The lowest BCUT2D eigenvalue weighted by Crippen LogP contribution is -2.31. The van der Waals surface area contributed by atoms with Crippen LogP contribution in [0.1, 0.15) is 29.9 Å². The van der Waals surface area contributed by atoms with E-state index in [0.717, 1.165) is 27.2 Å². The first-order valence-electron chi connectivity index (χ1n) is 6.56. The molecule has 0 radical (unpaired) electrons. The summed E-state index contributed by atoms with van der Waals surface area (Å²) in [6.45, 7) is 6.02. The molecule has 0 fully saturated rings. The third-order valence-corrected chi connectivity index (χ3v) is 4.58. The minimum Gasteiger partial charge on any atom is -0.497 e. The highest BCUT2D eigenvalue weighted by Gasteiger charge is 2.23. The molecular weight excluding hydrogens is 318 g/mol. The third-order valence-electron chi connectivity index (χ3n) is 3.43. The lowest BCUT2D eigenvalue weighted by Gasteiger charge is -2.23. The summed E-state index contributed by atoms with van der Waals surface area (Å²) < 4.78 is 8.32. The zero-order chi connectivity index (χ0) is 14.9. The Morgan fingerprint density at radius 2 is 2.05 bits per heavy atom. The van der Waals surface area contributed by atoms with Gasteiger partial charge in [-0.1, -0.05) is 12.1 Å². The van der Waals surface area contributed by atoms with Crippen LogP contribution in [-0.2, 0) is 0 Å². The van der Waals surface area contributed by atoms with Gasteiger partial charge in [0.15, 0.2) is 0 Å². The molecule has 0 aliphatic rings. The Labute approximate surface area is 128 Å². The second-order valence-electron chi connectivity index (χ2n) is 5.01. The van der Waals surface area contributed by atoms with Crippen molar-refractivity contribution in [2.24, 2.45) is 5.73 Å². The van der Waals surface area contributed by atoms with Crippen LogP contribution >= 0.6 is 15.9 Å². The van der Waals surface area contributed by atoms with Gasteiger partial charge in [-0.15, -0.1) is 0 Å². The van der Waals surface area contributed by atoms with Crippen molar-refractivity contribution in [3.63, 3.8) is 0 Å². The molecule has 2 N–H and O–H groups in total. The molecule has 2 aromatic rings. The van der Waals surface area contributed by atoms with E-state index in [9.17, 15) is 0 Å². The zero-order valence-electron chi connectivity index (χ0n) is 12.2. The number of hydrogen-bond acceptors (Lipinski definition) is 3. The summed E-state index contributed by atoms with van der Waals surface area (Å²) in [6.07, 6.45) is 0. The highest BCUT2D eigenvalue weighted by Crippen LogP contribution is 2.29. The van der Waals surface area contributed by atoms with Gasteiger partial charge in [-0.3, -0.25) is 4.68 Å². The Balaban J connectivity index is 2.53. The number of nitrogens with zero attached hydrogens (tertiary/aromatic N) is 2. The smallest absolute Gasteiger partial charge is 0.119 e. The largest absolute Gasteiger partial charge is 0.497 e. The molecule has 0 saturated carbocycles. The van der Waals surface area contributed by atoms with Crippen LogP contribution in [0.25, 0.3) is 0 Å². The molecule has 1 aromatic heterocycles. The van der Waals surface area contributed by atoms with E-state index in [4.69, 9.17) is 10.5 Å². The minimum absolute atomic E-state index is 0.0184. The van der Waals surface area contributed by atoms with Gasteiger partial charge in [0.05, 0.1) is 29.0 Å². The summed E-state index contributed by atoms with van der Waals surface area (Å²) in [5, 5.41) is 4.61. The number of rotatable bonds is 4. The van der Waals surface area contributed by atoms with Crippen LogP contribution in [-0.4, -0.2) is 22.9 Å². The van der Waals surface area contributed by atoms with E-state index in [0.29, 0.717) is 0 Å². The molecule has 2 atom stereocenters. The van der Waals surface area contributed by atoms with Crippen LogP contribution in [0.4, 0.5) is 0 Å². The van der Waals surface area contributed by atoms with Gasteiger partial charge >= 0.3 is 0 Å². The molecule has 0 saturated heterocycles. The van der Waals surface area contributed by atoms with Crippen molar-refractivity contribution in [2.45, 2.75) is 32.9 Å². The highest BCUT2D eigenvalue weighted by molar-refractivity contribution is 9.10. The fraction of sp³-hybridized carbons (Fsp3) is 0.400. The van der Waals surface area contributed by atoms with Gasteiger partial charge < -0.3 is 10.5 Å². The van der Waals surface area contributed by atoms with E-state index in [1.54, 1.807) is 7.11 Å². The quantitative estimate of drug-likeness (QED) is 0.931. The van der Waals surface area contributed by atoms with Crippen LogP contribution in [0.2, 0.25) is 0 Å². The number of aromatic nitrogens is 2. The first-order valence-corrected chi connectivity index (χ1v) is 7.35. The molecule has 0 aliphatic heterocycles. The molecule has 4 nitrogen and oxygen atoms in total. The average Bonchev–Trinajstić information content (AvgIpc) is 2.67. The highest BCUT2D eigenvalue weighted by atomic mass is 79.9. The predicted octanol–water partition coefficient (Wildman–Crippen LogP) is 3.21. The van der Waals surface area contributed by atoms with Gasteiger partial charge in [-0.25, -0.2) is 0 Å². The van der Waals surface area contributed by atoms with Gasteiger partial charge in [0.2, 0.25) is 0 Å². The third kappa shape index (κ3) is 2.74. The molecule has 5 heteroatoms. The van der Waals surface area contributed by atoms with E-state index in [2.05, 4.69) is 27.1 Å². The first-order chi connectivity index (χ1) is 9.45. The van der Waals surface area contributed by atoms with Crippen LogP contribution in [0.3, 0.4) is 0 Å². The maximum atomic E-state index is 6.20. The fourth-order valence-electron chi connectivity index (χ4n) is 2.41. The predicted molar refractivity (Wildman–Crippen MR) is 84.2 cm³/mol. The number of hydrogen-bond donors (Lipinski definition) is 1. The van der Waals surface area contributed by atoms with Crippen molar-refractivity contribution in [3.8, 4) is 5.75 Å². The Kier molecular flexibility index (Phi) is 4.50. The Morgan fingerprint density at radius 3 is 2.55 bits per heavy atom. The normalized spacial score (nSPS) is 14.1. The SMILES string of the molecule is COc1cccc(C(C(C)N)n2nc(C)c(Br)c2C)c1. The van der Waals surface area contributed by atoms with E-state index in [1.807, 2.05) is 43.7 Å². The lowest BCUT2D eigenvalue weighted by atomic mass is 10.0. The fourth-order valence-corrected chi connectivity index (χ4v) is 2.67. The van der Waals surface area contributed by atoms with Gasteiger partial charge in [-0.2, -0.15) is 5.10 Å². The second kappa shape index (κ2) is 5.97. The summed E-state index contributed by atoms with van der Waals surface area (Å²) >= 11 is 3.57. The molecule has 108 valence electrons. The van der Waals surface area contributed by atoms with Crippen molar-refractivity contribution in [2.75, 3.05) is 7.11 Å². The average molecular weight is 338 g/mol. The molecule has 2 unspecified atom stereocenters. The van der Waals surface area contributed by atoms with Gasteiger partial charge in [0.25, 0.3) is 0 Å². The monoisotopic (exact) mass is 337 g/mol. The minimum atomic E-state index is -0.0630. The van der Waals surface area contributed by atoms with Gasteiger partial charge in [0.1, 0.15) is 5.75 Å². The van der Waals surface area contributed by atoms with Crippen molar-refractivity contribution >= 4 is 15.9 Å². The summed E-state index contributed by atoms with van der Waals surface area (Å²) in [7, 11) is 1.67. The lowest BCUT2D eigenvalue weighted by molar-refractivity contribution is 0.408. The van der Waals surface area contributed by atoms with Crippen molar-refractivity contribution in [1.82, 2.24) is 9.78 Å². The molecule has 20 heavy (non-hydrogen) atoms. The van der Waals surface area contributed by atoms with Gasteiger partial charge in [-0.05, 0) is 54.4 Å². The summed E-state index contributed by atoms with van der Waals surface area (Å²) in [5.41, 5.74) is 9.34. The number of halogens is 1. The first kappa shape index (κ1) is 15.1. The Bertz CT molecular complexity index is 607. The van der Waals surface area contributed by atoms with E-state index in [1.165, 1.54) is 0 Å². The topological polar surface area (TPSA) is 53.1 Å². The molecule has 1 aromatic carbocycles. The van der Waals surface area contributed by atoms with Crippen LogP contribution in [0, 0.1) is 13.8 Å². The van der Waals surface area contributed by atoms with Crippen molar-refractivity contribution < 1.29 is 4.74 Å². The van der Waals surface area contributed by atoms with Crippen molar-refractivity contribution in [3.05, 3.63) is 45.7 Å². The number of benzene rings is 1. The molecule has 2 rings (SSSR count). The zero-order valence-corrected chi connectivity index (χ0v) is 13.8. The van der Waals surface area contributed by atoms with E-state index < -0.39 is 0 Å². The maximum absolute atomic E-state index is 6.20. The standard InChI is InChI=1S/C15H20BrN3O/c1-9(17)15(12-6-5-7-13(8-12)20-4)19-11(3)14(16)10(2)18-19/h5-9,15H,17H2,1-4H3. The Hall–Kier alpha value is -1.33. The molecule has 0 aliphatic carbocycles. The Morgan fingerprint density at radius 1 is 1.35 bits per heavy atom. The molecule has 0 spiro atoms. The number of ether oxygens (including phenoxy) is 1. The van der Waals surface area contributed by atoms with Crippen LogP contribution in [0.5, 0.6) is 5.75 Å². The van der Waals surface area contributed by atoms with Crippen molar-refractivity contribution in [1.29, 1.82) is 0 Å². The van der Waals surface area contributed by atoms with E-state index in [-0.39, 0.29) is 12.1 Å². The van der Waals surface area contributed by atoms with Crippen LogP contribution < -0.4 is 10.5 Å². The molecule has 0 bridgehead atoms. The maximum Gasteiger partial charge on any atom is 0.119 e. The second-order valence-corrected chi connectivity index (χ2v) is 5.80. The number of nitrogens with two attached hydrogens (primary N) is 1.